The van der Waals surface area contributed by atoms with Gasteiger partial charge in [0.05, 0.1) is 10.7 Å². The molecule has 0 fully saturated rings. The fourth-order valence-corrected chi connectivity index (χ4v) is 1.63. The summed E-state index contributed by atoms with van der Waals surface area (Å²) < 4.78 is 38.8. The van der Waals surface area contributed by atoms with Crippen molar-refractivity contribution in [1.29, 1.82) is 0 Å². The fourth-order valence-electron chi connectivity index (χ4n) is 1.51. The highest BCUT2D eigenvalue weighted by Crippen LogP contribution is 2.23. The second kappa shape index (κ2) is 5.42. The number of benzene rings is 2. The summed E-state index contributed by atoms with van der Waals surface area (Å²) in [6.45, 7) is 0. The number of rotatable bonds is 2. The number of carbonyl (C=O) groups excluding carboxylic acids is 1. The number of nitrogens with one attached hydrogen (secondary N) is 1. The molecule has 0 saturated heterocycles. The summed E-state index contributed by atoms with van der Waals surface area (Å²) in [4.78, 5) is 11.8. The summed E-state index contributed by atoms with van der Waals surface area (Å²) in [5.41, 5.74) is 5.73. The van der Waals surface area contributed by atoms with Crippen LogP contribution in [0.3, 0.4) is 0 Å². The van der Waals surface area contributed by atoms with Gasteiger partial charge in [0.2, 0.25) is 0 Å². The molecule has 2 aromatic carbocycles. The maximum absolute atomic E-state index is 13.0. The zero-order valence-electron chi connectivity index (χ0n) is 9.88. The quantitative estimate of drug-likeness (QED) is 0.658. The van der Waals surface area contributed by atoms with E-state index in [9.17, 15) is 18.0 Å². The van der Waals surface area contributed by atoms with Crippen molar-refractivity contribution in [2.24, 2.45) is 0 Å². The molecule has 2 aromatic rings. The lowest BCUT2D eigenvalue weighted by Crippen LogP contribution is -2.13. The van der Waals surface area contributed by atoms with E-state index in [-0.39, 0.29) is 11.3 Å². The molecule has 0 bridgehead atoms. The van der Waals surface area contributed by atoms with Crippen LogP contribution in [-0.2, 0) is 0 Å². The minimum atomic E-state index is -1.63. The molecule has 20 heavy (non-hydrogen) atoms. The van der Waals surface area contributed by atoms with Gasteiger partial charge in [-0.1, -0.05) is 11.6 Å². The zero-order valence-corrected chi connectivity index (χ0v) is 10.6. The number of halogens is 4. The van der Waals surface area contributed by atoms with Crippen LogP contribution in [-0.4, -0.2) is 5.91 Å². The number of nitrogen functional groups attached to an aromatic ring is 1. The number of hydrogen-bond acceptors (Lipinski definition) is 2. The molecule has 0 spiro atoms. The molecule has 7 heteroatoms. The molecule has 0 aliphatic heterocycles. The average Bonchev–Trinajstić information content (AvgIpc) is 2.39. The molecule has 0 atom stereocenters. The molecule has 0 aliphatic rings. The number of carbonyl (C=O) groups is 1. The van der Waals surface area contributed by atoms with Gasteiger partial charge in [-0.25, -0.2) is 13.2 Å². The molecular formula is C13H8ClF3N2O. The summed E-state index contributed by atoms with van der Waals surface area (Å²) in [7, 11) is 0. The Balaban J connectivity index is 2.26. The van der Waals surface area contributed by atoms with Crippen molar-refractivity contribution in [3.05, 3.63) is 58.4 Å². The first-order valence-electron chi connectivity index (χ1n) is 5.39. The molecule has 0 aliphatic carbocycles. The van der Waals surface area contributed by atoms with Gasteiger partial charge in [-0.15, -0.1) is 0 Å². The third-order valence-electron chi connectivity index (χ3n) is 2.50. The van der Waals surface area contributed by atoms with Crippen molar-refractivity contribution < 1.29 is 18.0 Å². The Morgan fingerprint density at radius 1 is 1.10 bits per heavy atom. The molecule has 0 heterocycles. The van der Waals surface area contributed by atoms with E-state index in [4.69, 9.17) is 17.3 Å². The minimum absolute atomic E-state index is 0.237. The first-order chi connectivity index (χ1) is 9.38. The van der Waals surface area contributed by atoms with Gasteiger partial charge in [0.25, 0.3) is 5.91 Å². The van der Waals surface area contributed by atoms with Crippen molar-refractivity contribution in [1.82, 2.24) is 0 Å². The highest BCUT2D eigenvalue weighted by molar-refractivity contribution is 6.33. The van der Waals surface area contributed by atoms with Crippen LogP contribution in [0.2, 0.25) is 5.02 Å². The van der Waals surface area contributed by atoms with Gasteiger partial charge in [0.1, 0.15) is 0 Å². The Bertz CT molecular complexity index is 668. The van der Waals surface area contributed by atoms with E-state index < -0.39 is 23.4 Å². The van der Waals surface area contributed by atoms with E-state index >= 15 is 0 Å². The second-order valence-corrected chi connectivity index (χ2v) is 4.35. The molecule has 3 nitrogen and oxygen atoms in total. The van der Waals surface area contributed by atoms with Crippen LogP contribution < -0.4 is 11.1 Å². The normalized spacial score (nSPS) is 10.4. The molecule has 1 amide bonds. The topological polar surface area (TPSA) is 55.1 Å². The van der Waals surface area contributed by atoms with Gasteiger partial charge >= 0.3 is 0 Å². The van der Waals surface area contributed by atoms with E-state index in [0.717, 1.165) is 0 Å². The van der Waals surface area contributed by atoms with E-state index in [0.29, 0.717) is 22.8 Å². The predicted octanol–water partition coefficient (Wildman–Crippen LogP) is 3.59. The van der Waals surface area contributed by atoms with Crippen molar-refractivity contribution in [2.45, 2.75) is 0 Å². The van der Waals surface area contributed by atoms with Crippen LogP contribution in [0.5, 0.6) is 0 Å². The van der Waals surface area contributed by atoms with E-state index in [2.05, 4.69) is 5.32 Å². The van der Waals surface area contributed by atoms with E-state index in [1.54, 1.807) is 0 Å². The smallest absolute Gasteiger partial charge is 0.255 e. The van der Waals surface area contributed by atoms with Crippen molar-refractivity contribution in [2.75, 3.05) is 11.1 Å². The number of hydrogen-bond donors (Lipinski definition) is 2. The van der Waals surface area contributed by atoms with Crippen LogP contribution >= 0.6 is 11.6 Å². The first kappa shape index (κ1) is 14.2. The summed E-state index contributed by atoms with van der Waals surface area (Å²) in [6.07, 6.45) is 0. The Hall–Kier alpha value is -2.21. The summed E-state index contributed by atoms with van der Waals surface area (Å²) in [5.74, 6) is -5.31. The SMILES string of the molecule is Nc1cc(NC(=O)c2cc(F)c(F)c(F)c2)ccc1Cl. The van der Waals surface area contributed by atoms with Crippen LogP contribution in [0.15, 0.2) is 30.3 Å². The minimum Gasteiger partial charge on any atom is -0.397 e. The average molecular weight is 301 g/mol. The largest absolute Gasteiger partial charge is 0.397 e. The number of amides is 1. The summed E-state index contributed by atoms with van der Waals surface area (Å²) in [6, 6.07) is 5.52. The highest BCUT2D eigenvalue weighted by Gasteiger charge is 2.15. The van der Waals surface area contributed by atoms with Crippen LogP contribution in [0.25, 0.3) is 0 Å². The van der Waals surface area contributed by atoms with E-state index in [1.807, 2.05) is 0 Å². The number of nitrogens with two attached hydrogens (primary N) is 1. The Morgan fingerprint density at radius 3 is 2.25 bits per heavy atom. The maximum Gasteiger partial charge on any atom is 0.255 e. The molecule has 104 valence electrons. The van der Waals surface area contributed by atoms with Gasteiger partial charge in [0, 0.05) is 11.3 Å². The van der Waals surface area contributed by atoms with Crippen LogP contribution in [0, 0.1) is 17.5 Å². The van der Waals surface area contributed by atoms with E-state index in [1.165, 1.54) is 18.2 Å². The van der Waals surface area contributed by atoms with Crippen molar-refractivity contribution in [3.63, 3.8) is 0 Å². The fraction of sp³-hybridized carbons (Fsp3) is 0. The van der Waals surface area contributed by atoms with Crippen LogP contribution in [0.4, 0.5) is 24.5 Å². The Labute approximate surface area is 117 Å². The maximum atomic E-state index is 13.0. The van der Waals surface area contributed by atoms with Gasteiger partial charge in [-0.2, -0.15) is 0 Å². The predicted molar refractivity (Wildman–Crippen MR) is 70.1 cm³/mol. The monoisotopic (exact) mass is 300 g/mol. The second-order valence-electron chi connectivity index (χ2n) is 3.94. The summed E-state index contributed by atoms with van der Waals surface area (Å²) in [5, 5.41) is 2.67. The zero-order chi connectivity index (χ0) is 14.9. The van der Waals surface area contributed by atoms with Gasteiger partial charge in [0.15, 0.2) is 17.5 Å². The van der Waals surface area contributed by atoms with Crippen molar-refractivity contribution in [3.8, 4) is 0 Å². The lowest BCUT2D eigenvalue weighted by Gasteiger charge is -2.07. The number of anilines is 2. The lowest BCUT2D eigenvalue weighted by molar-refractivity contribution is 0.102. The Kier molecular flexibility index (Phi) is 3.85. The molecule has 3 N–H and O–H groups in total. The first-order valence-corrected chi connectivity index (χ1v) is 5.77. The van der Waals surface area contributed by atoms with Crippen LogP contribution in [0.1, 0.15) is 10.4 Å². The third kappa shape index (κ3) is 2.85. The highest BCUT2D eigenvalue weighted by atomic mass is 35.5. The molecule has 0 aromatic heterocycles. The van der Waals surface area contributed by atoms with Gasteiger partial charge < -0.3 is 11.1 Å². The van der Waals surface area contributed by atoms with Gasteiger partial charge in [-0.3, -0.25) is 4.79 Å². The van der Waals surface area contributed by atoms with Gasteiger partial charge in [-0.05, 0) is 30.3 Å². The molecule has 0 radical (unpaired) electrons. The van der Waals surface area contributed by atoms with Crippen molar-refractivity contribution >= 4 is 28.9 Å². The molecular weight excluding hydrogens is 293 g/mol. The standard InChI is InChI=1S/C13H8ClF3N2O/c14-8-2-1-7(5-11(8)18)19-13(20)6-3-9(15)12(17)10(16)4-6/h1-5H,18H2,(H,19,20). The molecule has 0 unspecified atom stereocenters. The third-order valence-corrected chi connectivity index (χ3v) is 2.84. The Morgan fingerprint density at radius 2 is 1.70 bits per heavy atom. The molecule has 2 rings (SSSR count). The lowest BCUT2D eigenvalue weighted by atomic mass is 10.2. The molecule has 0 saturated carbocycles. The summed E-state index contributed by atoms with van der Waals surface area (Å²) >= 11 is 5.71.